The van der Waals surface area contributed by atoms with E-state index in [0.717, 1.165) is 48.2 Å². The first-order valence-corrected chi connectivity index (χ1v) is 8.66. The van der Waals surface area contributed by atoms with Crippen molar-refractivity contribution in [3.05, 3.63) is 64.6 Å². The van der Waals surface area contributed by atoms with E-state index in [2.05, 4.69) is 25.4 Å². The minimum atomic E-state index is -0.0206. The van der Waals surface area contributed by atoms with Crippen molar-refractivity contribution in [1.82, 2.24) is 20.5 Å². The summed E-state index contributed by atoms with van der Waals surface area (Å²) in [6.45, 7) is 2.44. The SMILES string of the molecule is O=c1[nH]c2ccccc2cc1CNC1CCCN(c2cccnn2)C1. The fourth-order valence-corrected chi connectivity index (χ4v) is 3.39. The van der Waals surface area contributed by atoms with Crippen molar-refractivity contribution in [2.45, 2.75) is 25.4 Å². The van der Waals surface area contributed by atoms with Gasteiger partial charge in [0.1, 0.15) is 0 Å². The van der Waals surface area contributed by atoms with E-state index in [9.17, 15) is 4.79 Å². The summed E-state index contributed by atoms with van der Waals surface area (Å²) in [6, 6.07) is 14.1. The summed E-state index contributed by atoms with van der Waals surface area (Å²) in [6.07, 6.45) is 3.89. The molecule has 1 fully saturated rings. The van der Waals surface area contributed by atoms with Crippen LogP contribution in [0.4, 0.5) is 5.82 Å². The van der Waals surface area contributed by atoms with E-state index in [0.29, 0.717) is 12.6 Å². The van der Waals surface area contributed by atoms with E-state index in [1.807, 2.05) is 42.5 Å². The normalized spacial score (nSPS) is 17.8. The number of nitrogens with one attached hydrogen (secondary N) is 2. The summed E-state index contributed by atoms with van der Waals surface area (Å²) >= 11 is 0. The van der Waals surface area contributed by atoms with Crippen molar-refractivity contribution in [3.63, 3.8) is 0 Å². The van der Waals surface area contributed by atoms with Crippen molar-refractivity contribution < 1.29 is 0 Å². The third kappa shape index (κ3) is 3.53. The number of pyridine rings is 1. The molecule has 1 aliphatic rings. The van der Waals surface area contributed by atoms with Crippen LogP contribution in [0.1, 0.15) is 18.4 Å². The lowest BCUT2D eigenvalue weighted by Gasteiger charge is -2.33. The fourth-order valence-electron chi connectivity index (χ4n) is 3.39. The maximum absolute atomic E-state index is 12.3. The second-order valence-corrected chi connectivity index (χ2v) is 6.46. The van der Waals surface area contributed by atoms with Crippen molar-refractivity contribution in [2.24, 2.45) is 0 Å². The molecule has 1 saturated heterocycles. The van der Waals surface area contributed by atoms with E-state index in [1.54, 1.807) is 6.20 Å². The first-order chi connectivity index (χ1) is 12.3. The van der Waals surface area contributed by atoms with Crippen LogP contribution in [-0.4, -0.2) is 34.3 Å². The monoisotopic (exact) mass is 335 g/mol. The molecule has 2 aromatic heterocycles. The van der Waals surface area contributed by atoms with Crippen molar-refractivity contribution in [2.75, 3.05) is 18.0 Å². The minimum absolute atomic E-state index is 0.0206. The predicted molar refractivity (Wildman–Crippen MR) is 98.7 cm³/mol. The third-order valence-electron chi connectivity index (χ3n) is 4.72. The zero-order valence-electron chi connectivity index (χ0n) is 14.0. The van der Waals surface area contributed by atoms with Gasteiger partial charge in [0.15, 0.2) is 5.82 Å². The number of hydrogen-bond acceptors (Lipinski definition) is 5. The second kappa shape index (κ2) is 7.03. The Hall–Kier alpha value is -2.73. The van der Waals surface area contributed by atoms with Crippen molar-refractivity contribution >= 4 is 16.7 Å². The van der Waals surface area contributed by atoms with Gasteiger partial charge in [-0.15, -0.1) is 5.10 Å². The van der Waals surface area contributed by atoms with Gasteiger partial charge in [-0.1, -0.05) is 18.2 Å². The van der Waals surface area contributed by atoms with Crippen LogP contribution in [0.5, 0.6) is 0 Å². The molecule has 4 rings (SSSR count). The molecule has 0 amide bonds. The van der Waals surface area contributed by atoms with E-state index < -0.39 is 0 Å². The van der Waals surface area contributed by atoms with Crippen LogP contribution in [0.2, 0.25) is 0 Å². The minimum Gasteiger partial charge on any atom is -0.354 e. The van der Waals surface area contributed by atoms with E-state index in [4.69, 9.17) is 0 Å². The van der Waals surface area contributed by atoms with E-state index in [1.165, 1.54) is 0 Å². The fraction of sp³-hybridized carbons (Fsp3) is 0.316. The van der Waals surface area contributed by atoms with Crippen LogP contribution in [0.25, 0.3) is 10.9 Å². The highest BCUT2D eigenvalue weighted by atomic mass is 16.1. The number of nitrogens with zero attached hydrogens (tertiary/aromatic N) is 3. The predicted octanol–water partition coefficient (Wildman–Crippen LogP) is 2.08. The number of anilines is 1. The highest BCUT2D eigenvalue weighted by molar-refractivity contribution is 5.78. The molecule has 0 spiro atoms. The van der Waals surface area contributed by atoms with Crippen molar-refractivity contribution in [3.8, 4) is 0 Å². The smallest absolute Gasteiger partial charge is 0.252 e. The van der Waals surface area contributed by atoms with Gasteiger partial charge in [-0.05, 0) is 42.5 Å². The molecule has 128 valence electrons. The molecule has 2 N–H and O–H groups in total. The summed E-state index contributed by atoms with van der Waals surface area (Å²) in [7, 11) is 0. The first-order valence-electron chi connectivity index (χ1n) is 8.66. The highest BCUT2D eigenvalue weighted by Crippen LogP contribution is 2.17. The number of piperidine rings is 1. The molecular weight excluding hydrogens is 314 g/mol. The number of aromatic nitrogens is 3. The Kier molecular flexibility index (Phi) is 4.43. The summed E-state index contributed by atoms with van der Waals surface area (Å²) in [4.78, 5) is 17.5. The number of hydrogen-bond donors (Lipinski definition) is 2. The molecule has 1 atom stereocenters. The standard InChI is InChI=1S/C19H21N5O/c25-19-15(11-14-5-1-2-7-17(14)22-19)12-20-16-6-4-10-24(13-16)18-8-3-9-21-23-18/h1-3,5,7-9,11,16,20H,4,6,10,12-13H2,(H,22,25). The van der Waals surface area contributed by atoms with Gasteiger partial charge < -0.3 is 15.2 Å². The summed E-state index contributed by atoms with van der Waals surface area (Å²) in [5.41, 5.74) is 1.63. The zero-order valence-corrected chi connectivity index (χ0v) is 14.0. The molecule has 1 unspecified atom stereocenters. The number of para-hydroxylation sites is 1. The summed E-state index contributed by atoms with van der Waals surface area (Å²) in [5.74, 6) is 0.914. The Morgan fingerprint density at radius 2 is 2.16 bits per heavy atom. The molecule has 0 aliphatic carbocycles. The largest absolute Gasteiger partial charge is 0.354 e. The molecule has 0 saturated carbocycles. The maximum Gasteiger partial charge on any atom is 0.252 e. The van der Waals surface area contributed by atoms with Crippen LogP contribution >= 0.6 is 0 Å². The number of benzene rings is 1. The molecule has 0 radical (unpaired) electrons. The molecule has 3 aromatic rings. The van der Waals surface area contributed by atoms with E-state index in [-0.39, 0.29) is 5.56 Å². The molecule has 0 bridgehead atoms. The lowest BCUT2D eigenvalue weighted by Crippen LogP contribution is -2.46. The van der Waals surface area contributed by atoms with Gasteiger partial charge in [0.25, 0.3) is 5.56 Å². The Bertz CT molecular complexity index is 908. The number of H-pyrrole nitrogens is 1. The molecule has 1 aromatic carbocycles. The van der Waals surface area contributed by atoms with Gasteiger partial charge in [-0.2, -0.15) is 5.10 Å². The lowest BCUT2D eigenvalue weighted by atomic mass is 10.1. The van der Waals surface area contributed by atoms with Gasteiger partial charge >= 0.3 is 0 Å². The van der Waals surface area contributed by atoms with Crippen LogP contribution in [0.3, 0.4) is 0 Å². The number of aromatic amines is 1. The van der Waals surface area contributed by atoms with Crippen LogP contribution < -0.4 is 15.8 Å². The summed E-state index contributed by atoms with van der Waals surface area (Å²) in [5, 5.41) is 12.8. The van der Waals surface area contributed by atoms with Gasteiger partial charge in [-0.25, -0.2) is 0 Å². The second-order valence-electron chi connectivity index (χ2n) is 6.46. The summed E-state index contributed by atoms with van der Waals surface area (Å²) < 4.78 is 0. The van der Waals surface area contributed by atoms with Crippen LogP contribution in [0, 0.1) is 0 Å². The maximum atomic E-state index is 12.3. The molecule has 25 heavy (non-hydrogen) atoms. The molecule has 1 aliphatic heterocycles. The Labute approximate surface area is 145 Å². The van der Waals surface area contributed by atoms with Crippen molar-refractivity contribution in [1.29, 1.82) is 0 Å². The molecule has 6 nitrogen and oxygen atoms in total. The van der Waals surface area contributed by atoms with Gasteiger partial charge in [0.05, 0.1) is 0 Å². The third-order valence-corrected chi connectivity index (χ3v) is 4.72. The van der Waals surface area contributed by atoms with E-state index >= 15 is 0 Å². The Balaban J connectivity index is 1.44. The van der Waals surface area contributed by atoms with Crippen LogP contribution in [-0.2, 0) is 6.54 Å². The quantitative estimate of drug-likeness (QED) is 0.764. The van der Waals surface area contributed by atoms with Crippen LogP contribution in [0.15, 0.2) is 53.5 Å². The number of rotatable bonds is 4. The molecule has 3 heterocycles. The number of fused-ring (bicyclic) bond motifs is 1. The first kappa shape index (κ1) is 15.8. The zero-order chi connectivity index (χ0) is 17.1. The highest BCUT2D eigenvalue weighted by Gasteiger charge is 2.20. The topological polar surface area (TPSA) is 73.9 Å². The average Bonchev–Trinajstić information content (AvgIpc) is 2.67. The Morgan fingerprint density at radius 3 is 3.04 bits per heavy atom. The molecule has 6 heteroatoms. The van der Waals surface area contributed by atoms with Gasteiger partial charge in [0, 0.05) is 43.0 Å². The van der Waals surface area contributed by atoms with Gasteiger partial charge in [0.2, 0.25) is 0 Å². The molecular formula is C19H21N5O. The van der Waals surface area contributed by atoms with Gasteiger partial charge in [-0.3, -0.25) is 4.79 Å². The average molecular weight is 335 g/mol. The Morgan fingerprint density at radius 1 is 1.24 bits per heavy atom. The lowest BCUT2D eigenvalue weighted by molar-refractivity contribution is 0.419.